The van der Waals surface area contributed by atoms with Crippen LogP contribution < -0.4 is 0 Å². The van der Waals surface area contributed by atoms with Crippen LogP contribution in [0.2, 0.25) is 5.15 Å². The van der Waals surface area contributed by atoms with Crippen molar-refractivity contribution in [3.8, 4) is 0 Å². The van der Waals surface area contributed by atoms with Crippen molar-refractivity contribution >= 4 is 17.5 Å². The Morgan fingerprint density at radius 3 is 2.81 bits per heavy atom. The number of pyridine rings is 1. The maximum absolute atomic E-state index is 13.2. The van der Waals surface area contributed by atoms with Gasteiger partial charge in [-0.15, -0.1) is 0 Å². The number of amides is 1. The van der Waals surface area contributed by atoms with Gasteiger partial charge in [0, 0.05) is 31.9 Å². The van der Waals surface area contributed by atoms with E-state index in [1.54, 1.807) is 6.20 Å². The minimum absolute atomic E-state index is 0.00111. The monoisotopic (exact) mass is 378 g/mol. The molecule has 2 saturated heterocycles. The molecule has 0 radical (unpaired) electrons. The Kier molecular flexibility index (Phi) is 6.21. The summed E-state index contributed by atoms with van der Waals surface area (Å²) in [4.78, 5) is 24.0. The van der Waals surface area contributed by atoms with Gasteiger partial charge < -0.3 is 9.80 Å². The zero-order chi connectivity index (χ0) is 18.7. The predicted molar refractivity (Wildman–Crippen MR) is 105 cm³/mol. The van der Waals surface area contributed by atoms with E-state index in [1.165, 1.54) is 12.8 Å². The third-order valence-electron chi connectivity index (χ3n) is 6.07. The van der Waals surface area contributed by atoms with Gasteiger partial charge in [0.25, 0.3) is 0 Å². The molecule has 0 aromatic carbocycles. The molecule has 6 heteroatoms. The van der Waals surface area contributed by atoms with E-state index in [-0.39, 0.29) is 11.9 Å². The van der Waals surface area contributed by atoms with Crippen molar-refractivity contribution in [2.45, 2.75) is 45.2 Å². The first-order valence-electron chi connectivity index (χ1n) is 9.71. The standard InChI is InChI=1S/C20H31ClN4O/c1-4-10-25-15-20(7-11-23(2)12-8-20)13-17(25)19(26)24(3)14-16-6-5-9-22-18(16)21/h5-6,9,17H,4,7-8,10-15H2,1-3H3/t17-/m0/s1. The van der Waals surface area contributed by atoms with Crippen LogP contribution in [0.4, 0.5) is 0 Å². The van der Waals surface area contributed by atoms with Crippen molar-refractivity contribution in [1.82, 2.24) is 19.7 Å². The molecule has 2 aliphatic heterocycles. The fraction of sp³-hybridized carbons (Fsp3) is 0.700. The van der Waals surface area contributed by atoms with Crippen LogP contribution in [0.3, 0.4) is 0 Å². The Morgan fingerprint density at radius 1 is 1.42 bits per heavy atom. The molecule has 1 spiro atoms. The molecule has 2 fully saturated rings. The second-order valence-corrected chi connectivity index (χ2v) is 8.50. The highest BCUT2D eigenvalue weighted by Crippen LogP contribution is 2.43. The molecule has 1 amide bonds. The minimum Gasteiger partial charge on any atom is -0.340 e. The summed E-state index contributed by atoms with van der Waals surface area (Å²) in [6, 6.07) is 3.81. The van der Waals surface area contributed by atoms with E-state index < -0.39 is 0 Å². The Balaban J connectivity index is 1.70. The Labute approximate surface area is 162 Å². The first-order valence-corrected chi connectivity index (χ1v) is 10.1. The number of carbonyl (C=O) groups excluding carboxylic acids is 1. The SMILES string of the molecule is CCCN1CC2(CCN(C)CC2)C[C@H]1C(=O)N(C)Cc1cccnc1Cl. The van der Waals surface area contributed by atoms with E-state index in [4.69, 9.17) is 11.6 Å². The number of carbonyl (C=O) groups is 1. The van der Waals surface area contributed by atoms with Gasteiger partial charge in [-0.2, -0.15) is 0 Å². The number of halogens is 1. The highest BCUT2D eigenvalue weighted by Gasteiger charge is 2.47. The van der Waals surface area contributed by atoms with E-state index in [0.29, 0.717) is 17.1 Å². The molecule has 5 nitrogen and oxygen atoms in total. The molecule has 1 aromatic heterocycles. The van der Waals surface area contributed by atoms with Gasteiger partial charge in [0.15, 0.2) is 0 Å². The van der Waals surface area contributed by atoms with Gasteiger partial charge in [-0.1, -0.05) is 24.6 Å². The molecule has 0 bridgehead atoms. The zero-order valence-corrected chi connectivity index (χ0v) is 17.0. The average Bonchev–Trinajstić information content (AvgIpc) is 2.98. The Bertz CT molecular complexity index is 630. The van der Waals surface area contributed by atoms with Gasteiger partial charge in [-0.25, -0.2) is 4.98 Å². The maximum atomic E-state index is 13.2. The Hall–Kier alpha value is -1.17. The fourth-order valence-corrected chi connectivity index (χ4v) is 4.67. The molecule has 3 rings (SSSR count). The summed E-state index contributed by atoms with van der Waals surface area (Å²) in [7, 11) is 4.08. The lowest BCUT2D eigenvalue weighted by Crippen LogP contribution is -2.44. The normalized spacial score (nSPS) is 23.5. The summed E-state index contributed by atoms with van der Waals surface area (Å²) < 4.78 is 0. The number of nitrogens with zero attached hydrogens (tertiary/aromatic N) is 4. The highest BCUT2D eigenvalue weighted by atomic mass is 35.5. The van der Waals surface area contributed by atoms with Crippen molar-refractivity contribution in [3.05, 3.63) is 29.0 Å². The predicted octanol–water partition coefficient (Wildman–Crippen LogP) is 2.89. The lowest BCUT2D eigenvalue weighted by Gasteiger charge is -2.37. The van der Waals surface area contributed by atoms with E-state index >= 15 is 0 Å². The first kappa shape index (κ1) is 19.6. The van der Waals surface area contributed by atoms with E-state index in [1.807, 2.05) is 24.1 Å². The van der Waals surface area contributed by atoms with E-state index in [0.717, 1.165) is 44.6 Å². The smallest absolute Gasteiger partial charge is 0.239 e. The fourth-order valence-electron chi connectivity index (χ4n) is 4.49. The molecule has 2 aliphatic rings. The van der Waals surface area contributed by atoms with Crippen LogP contribution in [0.25, 0.3) is 0 Å². The summed E-state index contributed by atoms with van der Waals surface area (Å²) >= 11 is 6.18. The maximum Gasteiger partial charge on any atom is 0.239 e. The summed E-state index contributed by atoms with van der Waals surface area (Å²) in [5, 5.41) is 0.482. The number of rotatable bonds is 5. The third kappa shape index (κ3) is 4.21. The molecule has 0 unspecified atom stereocenters. The van der Waals surface area contributed by atoms with Gasteiger partial charge in [-0.05, 0) is 63.8 Å². The zero-order valence-electron chi connectivity index (χ0n) is 16.2. The largest absolute Gasteiger partial charge is 0.340 e. The Morgan fingerprint density at radius 2 is 2.15 bits per heavy atom. The topological polar surface area (TPSA) is 39.7 Å². The number of piperidine rings is 1. The molecular formula is C20H31ClN4O. The van der Waals surface area contributed by atoms with E-state index in [2.05, 4.69) is 28.8 Å². The quantitative estimate of drug-likeness (QED) is 0.738. The van der Waals surface area contributed by atoms with Crippen LogP contribution in [-0.2, 0) is 11.3 Å². The van der Waals surface area contributed by atoms with Crippen molar-refractivity contribution in [2.75, 3.05) is 40.3 Å². The molecule has 1 aromatic rings. The number of hydrogen-bond donors (Lipinski definition) is 0. The summed E-state index contributed by atoms with van der Waals surface area (Å²) in [6.07, 6.45) is 6.15. The second kappa shape index (κ2) is 8.24. The number of likely N-dealkylation sites (N-methyl/N-ethyl adjacent to an activating group) is 1. The van der Waals surface area contributed by atoms with Crippen LogP contribution in [0.5, 0.6) is 0 Å². The van der Waals surface area contributed by atoms with Crippen LogP contribution in [0, 0.1) is 5.41 Å². The molecule has 3 heterocycles. The number of aromatic nitrogens is 1. The van der Waals surface area contributed by atoms with Crippen LogP contribution >= 0.6 is 11.6 Å². The molecule has 0 aliphatic carbocycles. The van der Waals surface area contributed by atoms with Crippen molar-refractivity contribution < 1.29 is 4.79 Å². The summed E-state index contributed by atoms with van der Waals surface area (Å²) in [5.41, 5.74) is 1.22. The van der Waals surface area contributed by atoms with Gasteiger partial charge in [0.05, 0.1) is 6.04 Å². The molecule has 26 heavy (non-hydrogen) atoms. The second-order valence-electron chi connectivity index (χ2n) is 8.14. The molecule has 1 atom stereocenters. The van der Waals surface area contributed by atoms with Gasteiger partial charge in [0.2, 0.25) is 5.91 Å². The summed E-state index contributed by atoms with van der Waals surface area (Å²) in [6.45, 7) is 7.05. The van der Waals surface area contributed by atoms with Crippen LogP contribution in [0.15, 0.2) is 18.3 Å². The lowest BCUT2D eigenvalue weighted by atomic mass is 9.76. The van der Waals surface area contributed by atoms with Gasteiger partial charge in [0.1, 0.15) is 5.15 Å². The molecular weight excluding hydrogens is 348 g/mol. The van der Waals surface area contributed by atoms with Crippen molar-refractivity contribution in [3.63, 3.8) is 0 Å². The van der Waals surface area contributed by atoms with Crippen molar-refractivity contribution in [1.29, 1.82) is 0 Å². The van der Waals surface area contributed by atoms with Crippen LogP contribution in [0.1, 0.15) is 38.2 Å². The van der Waals surface area contributed by atoms with Gasteiger partial charge >= 0.3 is 0 Å². The minimum atomic E-state index is -0.00111. The first-order chi connectivity index (χ1) is 12.4. The van der Waals surface area contributed by atoms with Crippen LogP contribution in [-0.4, -0.2) is 71.9 Å². The average molecular weight is 379 g/mol. The molecule has 144 valence electrons. The lowest BCUT2D eigenvalue weighted by molar-refractivity contribution is -0.135. The summed E-state index contributed by atoms with van der Waals surface area (Å²) in [5.74, 6) is 0.217. The highest BCUT2D eigenvalue weighted by molar-refractivity contribution is 6.30. The molecule has 0 N–H and O–H groups in total. The number of likely N-dealkylation sites (tertiary alicyclic amines) is 2. The van der Waals surface area contributed by atoms with E-state index in [9.17, 15) is 4.79 Å². The van der Waals surface area contributed by atoms with Crippen molar-refractivity contribution in [2.24, 2.45) is 5.41 Å². The number of hydrogen-bond acceptors (Lipinski definition) is 4. The third-order valence-corrected chi connectivity index (χ3v) is 6.41. The molecule has 0 saturated carbocycles. The van der Waals surface area contributed by atoms with Gasteiger partial charge in [-0.3, -0.25) is 9.69 Å².